The molecule has 0 aliphatic rings. The second kappa shape index (κ2) is 7.56. The van der Waals surface area contributed by atoms with Crippen LogP contribution in [0.4, 0.5) is 18.9 Å². The average molecular weight is 346 g/mol. The van der Waals surface area contributed by atoms with Crippen molar-refractivity contribution in [3.05, 3.63) is 64.4 Å². The Balaban J connectivity index is 1.83. The van der Waals surface area contributed by atoms with E-state index >= 15 is 0 Å². The highest BCUT2D eigenvalue weighted by Gasteiger charge is 2.08. The fourth-order valence-corrected chi connectivity index (χ4v) is 2.64. The fourth-order valence-electron chi connectivity index (χ4n) is 1.66. The van der Waals surface area contributed by atoms with Gasteiger partial charge in [0.1, 0.15) is 5.82 Å². The molecular weight excluding hydrogens is 335 g/mol. The van der Waals surface area contributed by atoms with Gasteiger partial charge in [-0.1, -0.05) is 17.7 Å². The van der Waals surface area contributed by atoms with E-state index in [4.69, 9.17) is 11.6 Å². The van der Waals surface area contributed by atoms with E-state index < -0.39 is 17.5 Å². The van der Waals surface area contributed by atoms with Crippen molar-refractivity contribution in [3.8, 4) is 0 Å². The van der Waals surface area contributed by atoms with E-state index in [0.29, 0.717) is 16.3 Å². The number of carbonyl (C=O) groups is 1. The summed E-state index contributed by atoms with van der Waals surface area (Å²) in [6.07, 6.45) is 0. The minimum Gasteiger partial charge on any atom is -0.325 e. The first-order chi connectivity index (χ1) is 10.5. The Hall–Kier alpha value is -1.66. The van der Waals surface area contributed by atoms with Crippen LogP contribution in [0.3, 0.4) is 0 Å². The van der Waals surface area contributed by atoms with Gasteiger partial charge in [-0.25, -0.2) is 13.2 Å². The molecule has 2 aromatic rings. The number of hydrogen-bond acceptors (Lipinski definition) is 2. The molecule has 0 spiro atoms. The van der Waals surface area contributed by atoms with E-state index in [1.165, 1.54) is 23.9 Å². The maximum Gasteiger partial charge on any atom is 0.234 e. The van der Waals surface area contributed by atoms with Gasteiger partial charge in [-0.2, -0.15) is 0 Å². The fraction of sp³-hybridized carbons (Fsp3) is 0.133. The molecular formula is C15H11ClF3NOS. The van der Waals surface area contributed by atoms with Crippen LogP contribution >= 0.6 is 23.4 Å². The lowest BCUT2D eigenvalue weighted by Gasteiger charge is -2.06. The maximum atomic E-state index is 13.5. The molecule has 1 amide bonds. The van der Waals surface area contributed by atoms with Crippen molar-refractivity contribution in [2.45, 2.75) is 5.75 Å². The lowest BCUT2D eigenvalue weighted by atomic mass is 10.2. The highest BCUT2D eigenvalue weighted by atomic mass is 35.5. The van der Waals surface area contributed by atoms with Gasteiger partial charge in [-0.3, -0.25) is 4.79 Å². The molecule has 2 aromatic carbocycles. The highest BCUT2D eigenvalue weighted by Crippen LogP contribution is 2.20. The summed E-state index contributed by atoms with van der Waals surface area (Å²) in [6, 6.07) is 7.43. The molecule has 7 heteroatoms. The molecule has 0 bridgehead atoms. The zero-order chi connectivity index (χ0) is 16.1. The molecule has 0 unspecified atom stereocenters. The Kier molecular flexibility index (Phi) is 5.74. The standard InChI is InChI=1S/C15H11ClF3NOS/c16-10-2-1-9(13(18)5-10)7-22-8-15(21)20-11-3-4-12(17)14(19)6-11/h1-6H,7-8H2,(H,20,21). The second-order valence-corrected chi connectivity index (χ2v) is 5.83. The van der Waals surface area contributed by atoms with Crippen molar-refractivity contribution in [1.29, 1.82) is 0 Å². The van der Waals surface area contributed by atoms with Crippen molar-refractivity contribution in [1.82, 2.24) is 0 Å². The molecule has 2 rings (SSSR count). The van der Waals surface area contributed by atoms with Crippen LogP contribution in [0.25, 0.3) is 0 Å². The van der Waals surface area contributed by atoms with Gasteiger partial charge in [-0.15, -0.1) is 11.8 Å². The van der Waals surface area contributed by atoms with Crippen LogP contribution in [0.15, 0.2) is 36.4 Å². The molecule has 0 saturated heterocycles. The van der Waals surface area contributed by atoms with Crippen LogP contribution in [-0.4, -0.2) is 11.7 Å². The average Bonchev–Trinajstić information content (AvgIpc) is 2.45. The Morgan fingerprint density at radius 1 is 1.05 bits per heavy atom. The van der Waals surface area contributed by atoms with Gasteiger partial charge in [0.15, 0.2) is 11.6 Å². The van der Waals surface area contributed by atoms with E-state index in [2.05, 4.69) is 5.32 Å². The molecule has 0 heterocycles. The van der Waals surface area contributed by atoms with Crippen LogP contribution in [-0.2, 0) is 10.5 Å². The van der Waals surface area contributed by atoms with E-state index in [1.807, 2.05) is 0 Å². The van der Waals surface area contributed by atoms with E-state index in [0.717, 1.165) is 12.1 Å². The summed E-state index contributed by atoms with van der Waals surface area (Å²) in [5.74, 6) is -2.47. The molecule has 1 N–H and O–H groups in total. The number of benzene rings is 2. The zero-order valence-electron chi connectivity index (χ0n) is 11.2. The second-order valence-electron chi connectivity index (χ2n) is 4.41. The molecule has 0 fully saturated rings. The number of anilines is 1. The van der Waals surface area contributed by atoms with Gasteiger partial charge in [0, 0.05) is 22.5 Å². The summed E-state index contributed by atoms with van der Waals surface area (Å²) in [5, 5.41) is 2.75. The van der Waals surface area contributed by atoms with Gasteiger partial charge < -0.3 is 5.32 Å². The summed E-state index contributed by atoms with van der Waals surface area (Å²) in [4.78, 5) is 11.7. The first-order valence-corrected chi connectivity index (χ1v) is 7.75. The first-order valence-electron chi connectivity index (χ1n) is 6.22. The topological polar surface area (TPSA) is 29.1 Å². The molecule has 22 heavy (non-hydrogen) atoms. The summed E-state index contributed by atoms with van der Waals surface area (Å²) in [7, 11) is 0. The molecule has 0 aliphatic carbocycles. The normalized spacial score (nSPS) is 10.5. The minimum atomic E-state index is -1.03. The van der Waals surface area contributed by atoms with Crippen molar-refractivity contribution in [2.75, 3.05) is 11.1 Å². The van der Waals surface area contributed by atoms with Crippen LogP contribution in [0, 0.1) is 17.5 Å². The van der Waals surface area contributed by atoms with E-state index in [1.54, 1.807) is 12.1 Å². The zero-order valence-corrected chi connectivity index (χ0v) is 12.8. The quantitative estimate of drug-likeness (QED) is 0.856. The van der Waals surface area contributed by atoms with E-state index in [9.17, 15) is 18.0 Å². The third-order valence-corrected chi connectivity index (χ3v) is 3.93. The SMILES string of the molecule is O=C(CSCc1ccc(Cl)cc1F)Nc1ccc(F)c(F)c1. The first kappa shape index (κ1) is 16.7. The van der Waals surface area contributed by atoms with Crippen molar-refractivity contribution >= 4 is 35.0 Å². The molecule has 0 saturated carbocycles. The lowest BCUT2D eigenvalue weighted by Crippen LogP contribution is -2.14. The van der Waals surface area contributed by atoms with Crippen LogP contribution < -0.4 is 5.32 Å². The molecule has 0 atom stereocenters. The number of rotatable bonds is 5. The number of amides is 1. The van der Waals surface area contributed by atoms with Crippen LogP contribution in [0.5, 0.6) is 0 Å². The molecule has 0 aromatic heterocycles. The largest absolute Gasteiger partial charge is 0.325 e. The van der Waals surface area contributed by atoms with Crippen LogP contribution in [0.1, 0.15) is 5.56 Å². The third-order valence-electron chi connectivity index (χ3n) is 2.71. The van der Waals surface area contributed by atoms with Crippen LogP contribution in [0.2, 0.25) is 5.02 Å². The predicted octanol–water partition coefficient (Wildman–Crippen LogP) is 4.63. The smallest absolute Gasteiger partial charge is 0.234 e. The van der Waals surface area contributed by atoms with Gasteiger partial charge in [-0.05, 0) is 29.8 Å². The third kappa shape index (κ3) is 4.68. The Bertz CT molecular complexity index is 696. The van der Waals surface area contributed by atoms with Gasteiger partial charge in [0.25, 0.3) is 0 Å². The van der Waals surface area contributed by atoms with Gasteiger partial charge in [0.05, 0.1) is 5.75 Å². The van der Waals surface area contributed by atoms with Crippen molar-refractivity contribution < 1.29 is 18.0 Å². The summed E-state index contributed by atoms with van der Waals surface area (Å²) >= 11 is 6.85. The summed E-state index contributed by atoms with van der Waals surface area (Å²) in [5.41, 5.74) is 0.609. The molecule has 0 aliphatic heterocycles. The number of hydrogen-bond donors (Lipinski definition) is 1. The Morgan fingerprint density at radius 2 is 1.82 bits per heavy atom. The molecule has 2 nitrogen and oxygen atoms in total. The van der Waals surface area contributed by atoms with Crippen molar-refractivity contribution in [2.24, 2.45) is 0 Å². The predicted molar refractivity (Wildman–Crippen MR) is 82.6 cm³/mol. The van der Waals surface area contributed by atoms with Gasteiger partial charge >= 0.3 is 0 Å². The lowest BCUT2D eigenvalue weighted by molar-refractivity contribution is -0.113. The monoisotopic (exact) mass is 345 g/mol. The maximum absolute atomic E-state index is 13.5. The number of carbonyl (C=O) groups excluding carboxylic acids is 1. The molecule has 0 radical (unpaired) electrons. The Labute approximate surface area is 134 Å². The Morgan fingerprint density at radius 3 is 2.50 bits per heavy atom. The van der Waals surface area contributed by atoms with Gasteiger partial charge in [0.2, 0.25) is 5.91 Å². The minimum absolute atomic E-state index is 0.0566. The van der Waals surface area contributed by atoms with Crippen molar-refractivity contribution in [3.63, 3.8) is 0 Å². The number of halogens is 4. The summed E-state index contributed by atoms with van der Waals surface area (Å²) < 4.78 is 39.3. The number of thioether (sulfide) groups is 1. The summed E-state index contributed by atoms with van der Waals surface area (Å²) in [6.45, 7) is 0. The molecule has 116 valence electrons. The van der Waals surface area contributed by atoms with E-state index in [-0.39, 0.29) is 17.3 Å². The number of nitrogens with one attached hydrogen (secondary N) is 1. The highest BCUT2D eigenvalue weighted by molar-refractivity contribution is 7.99.